The van der Waals surface area contributed by atoms with Crippen molar-refractivity contribution in [3.05, 3.63) is 89.5 Å². The number of nitrogen functional groups attached to an aromatic ring is 1. The zero-order valence-corrected chi connectivity index (χ0v) is 43.1. The minimum Gasteiger partial charge on any atom is -0.507 e. The molecule has 4 aliphatic heterocycles. The molecule has 0 radical (unpaired) electrons. The number of hydrogen-bond acceptors (Lipinski definition) is 15. The third-order valence-electron chi connectivity index (χ3n) is 17.0. The zero-order valence-electron chi connectivity index (χ0n) is 42.3. The van der Waals surface area contributed by atoms with E-state index in [1.54, 1.807) is 30.0 Å². The van der Waals surface area contributed by atoms with E-state index in [1.807, 2.05) is 45.9 Å². The second-order valence-electron chi connectivity index (χ2n) is 22.9. The molecule has 2 unspecified atom stereocenters. The second-order valence-corrected chi connectivity index (χ2v) is 23.7. The summed E-state index contributed by atoms with van der Waals surface area (Å²) in [5, 5.41) is 35.8. The number of aliphatic hydroxyl groups is 1. The average Bonchev–Trinajstić information content (AvgIpc) is 4.05. The number of nitrogens with two attached hydrogens (primary N) is 1. The van der Waals surface area contributed by atoms with Crippen LogP contribution in [0.4, 0.5) is 17.2 Å². The molecule has 4 saturated heterocycles. The number of rotatable bonds is 12. The Labute approximate surface area is 431 Å². The van der Waals surface area contributed by atoms with Crippen molar-refractivity contribution < 1.29 is 24.6 Å². The number of aliphatic hydroxyl groups excluding tert-OH is 1. The average molecular weight is 1010 g/mol. The Hall–Kier alpha value is -6.24. The van der Waals surface area contributed by atoms with Crippen LogP contribution in [0.5, 0.6) is 5.75 Å². The largest absolute Gasteiger partial charge is 0.507 e. The lowest BCUT2D eigenvalue weighted by molar-refractivity contribution is -0.150. The van der Waals surface area contributed by atoms with Gasteiger partial charge in [0.2, 0.25) is 17.7 Å². The first-order chi connectivity index (χ1) is 35.1. The number of benzene rings is 2. The van der Waals surface area contributed by atoms with Crippen LogP contribution < -0.4 is 26.2 Å². The molecule has 73 heavy (non-hydrogen) atoms. The van der Waals surface area contributed by atoms with Crippen molar-refractivity contribution in [2.45, 2.75) is 134 Å². The van der Waals surface area contributed by atoms with Gasteiger partial charge in [-0.3, -0.25) is 24.4 Å². The van der Waals surface area contributed by atoms with E-state index in [9.17, 15) is 24.6 Å². The van der Waals surface area contributed by atoms with E-state index in [1.165, 1.54) is 27.5 Å². The van der Waals surface area contributed by atoms with Crippen LogP contribution in [0.3, 0.4) is 0 Å². The number of phenolic OH excluding ortho intramolecular Hbond substituents is 1. The highest BCUT2D eigenvalue weighted by atomic mass is 32.1. The number of nitrogens with one attached hydrogen (secondary N) is 2. The van der Waals surface area contributed by atoms with Gasteiger partial charge in [0.1, 0.15) is 23.5 Å². The SMILES string of the molecule is Cc1ncsc1-c1cnc(CNC(=O)[C@@H]2C[C@@H](O)CN2C(=O)[C@@H](NC(=O)C2CC3(C2)CC(N2CCC(c4ccc(N5C6CCC5CN(c5cc(-c7ccccc7O)nnc5N)C6)cc4)CC2)C3)C(C)(C)C)cn1. The van der Waals surface area contributed by atoms with Gasteiger partial charge in [-0.1, -0.05) is 45.0 Å². The van der Waals surface area contributed by atoms with Crippen molar-refractivity contribution in [1.29, 1.82) is 0 Å². The van der Waals surface area contributed by atoms with Gasteiger partial charge < -0.3 is 46.2 Å². The molecular weight excluding hydrogens is 941 g/mol. The normalized spacial score (nSPS) is 26.6. The third-order valence-corrected chi connectivity index (χ3v) is 17.9. The zero-order chi connectivity index (χ0) is 50.8. The summed E-state index contributed by atoms with van der Waals surface area (Å²) in [6.07, 6.45) is 11.0. The van der Waals surface area contributed by atoms with Crippen LogP contribution in [0.15, 0.2) is 72.5 Å². The lowest BCUT2D eigenvalue weighted by atomic mass is 9.49. The van der Waals surface area contributed by atoms with Crippen LogP contribution in [0.25, 0.3) is 21.8 Å². The summed E-state index contributed by atoms with van der Waals surface area (Å²) in [7, 11) is 0. The summed E-state index contributed by atoms with van der Waals surface area (Å²) in [6, 6.07) is 18.1. The predicted octanol–water partition coefficient (Wildman–Crippen LogP) is 6.06. The Morgan fingerprint density at radius 1 is 0.863 bits per heavy atom. The fourth-order valence-electron chi connectivity index (χ4n) is 13.0. The van der Waals surface area contributed by atoms with Crippen molar-refractivity contribution in [1.82, 2.24) is 45.6 Å². The standard InChI is InChI=1S/C55H68N12O5S/c1-32-48(73-31-60-32)44-27-57-36(25-58-44)26-59-52(71)46-19-41(68)30-66(46)53(72)49(54(2,3)4)61-51(70)35-21-55(22-35)23-40(24-55)64-17-15-34(16-18-64)33-9-11-37(12-10-33)67-38-13-14-39(67)29-65(28-38)45-20-43(62-63-50(45)56)42-7-5-6-8-47(42)69/h5-12,20,25,27,31,34-35,38-41,46,49,68-69H,13-19,21-24,26,28-30H2,1-4H3,(H2,56,63)(H,59,71)(H,61,70)/t35?,38?,39?,40?,41-,46+,49-,55?/m1/s1. The quantitative estimate of drug-likeness (QED) is 0.0961. The number of aromatic nitrogens is 5. The smallest absolute Gasteiger partial charge is 0.246 e. The monoisotopic (exact) mass is 1010 g/mol. The number of fused-ring (bicyclic) bond motifs is 2. The van der Waals surface area contributed by atoms with E-state index in [0.29, 0.717) is 52.5 Å². The number of thiazole rings is 1. The number of piperidine rings is 1. The first kappa shape index (κ1) is 49.0. The molecule has 6 aliphatic rings. The molecule has 2 aliphatic carbocycles. The van der Waals surface area contributed by atoms with Crippen LogP contribution in [0.2, 0.25) is 0 Å². The molecule has 17 nitrogen and oxygen atoms in total. The fourth-order valence-corrected chi connectivity index (χ4v) is 13.8. The maximum atomic E-state index is 14.3. The van der Waals surface area contributed by atoms with Crippen molar-refractivity contribution in [3.63, 3.8) is 0 Å². The number of likely N-dealkylation sites (tertiary alicyclic amines) is 2. The number of piperazine rings is 1. The Kier molecular flexibility index (Phi) is 13.1. The Bertz CT molecular complexity index is 2820. The number of β-amino-alcohol motifs (C(OH)–C–C–N with tert-alkyl or cyclic N) is 1. The third kappa shape index (κ3) is 9.73. The molecule has 2 saturated carbocycles. The van der Waals surface area contributed by atoms with E-state index >= 15 is 0 Å². The van der Waals surface area contributed by atoms with Crippen molar-refractivity contribution in [2.75, 3.05) is 48.3 Å². The molecule has 6 fully saturated rings. The second kappa shape index (κ2) is 19.6. The number of aryl methyl sites for hydroxylation is 1. The van der Waals surface area contributed by atoms with Crippen LogP contribution in [0.1, 0.15) is 101 Å². The number of para-hydroxylation sites is 1. The number of hydrogen-bond donors (Lipinski definition) is 5. The summed E-state index contributed by atoms with van der Waals surface area (Å²) in [5.41, 5.74) is 14.7. The first-order valence-electron chi connectivity index (χ1n) is 26.2. The summed E-state index contributed by atoms with van der Waals surface area (Å²) >= 11 is 1.49. The van der Waals surface area contributed by atoms with Gasteiger partial charge in [-0.15, -0.1) is 21.5 Å². The number of amides is 3. The maximum Gasteiger partial charge on any atom is 0.246 e. The predicted molar refractivity (Wildman–Crippen MR) is 280 cm³/mol. The van der Waals surface area contributed by atoms with Crippen LogP contribution >= 0.6 is 11.3 Å². The van der Waals surface area contributed by atoms with Crippen LogP contribution in [-0.4, -0.2) is 132 Å². The molecule has 3 amide bonds. The molecule has 2 bridgehead atoms. The van der Waals surface area contributed by atoms with Gasteiger partial charge >= 0.3 is 0 Å². The summed E-state index contributed by atoms with van der Waals surface area (Å²) in [4.78, 5) is 65.0. The topological polar surface area (TPSA) is 219 Å². The van der Waals surface area contributed by atoms with Gasteiger partial charge in [0.05, 0.1) is 58.2 Å². The highest BCUT2D eigenvalue weighted by Gasteiger charge is 2.57. The maximum absolute atomic E-state index is 14.3. The highest BCUT2D eigenvalue weighted by Crippen LogP contribution is 2.60. The summed E-state index contributed by atoms with van der Waals surface area (Å²) < 4.78 is 0. The molecule has 2 aromatic carbocycles. The first-order valence-corrected chi connectivity index (χ1v) is 27.0. The number of carbonyl (C=O) groups excluding carboxylic acids is 3. The minimum absolute atomic E-state index is 0.0220. The van der Waals surface area contributed by atoms with E-state index in [0.717, 1.165) is 93.8 Å². The van der Waals surface area contributed by atoms with E-state index in [4.69, 9.17) is 5.73 Å². The molecule has 11 rings (SSSR count). The summed E-state index contributed by atoms with van der Waals surface area (Å²) in [5.74, 6) is 0.133. The number of carbonyl (C=O) groups is 3. The van der Waals surface area contributed by atoms with E-state index in [-0.39, 0.29) is 54.3 Å². The molecular formula is C55H68N12O5S. The van der Waals surface area contributed by atoms with Gasteiger partial charge in [0.25, 0.3) is 0 Å². The number of nitrogens with zero attached hydrogens (tertiary/aromatic N) is 9. The summed E-state index contributed by atoms with van der Waals surface area (Å²) in [6.45, 7) is 11.7. The fraction of sp³-hybridized carbons (Fsp3) is 0.527. The van der Waals surface area contributed by atoms with Crippen LogP contribution in [-0.2, 0) is 20.9 Å². The minimum atomic E-state index is -0.873. The van der Waals surface area contributed by atoms with Crippen molar-refractivity contribution in [2.24, 2.45) is 16.7 Å². The van der Waals surface area contributed by atoms with Crippen LogP contribution in [0, 0.1) is 23.7 Å². The van der Waals surface area contributed by atoms with Gasteiger partial charge in [-0.25, -0.2) is 4.98 Å². The molecule has 5 aromatic rings. The van der Waals surface area contributed by atoms with Gasteiger partial charge in [-0.05, 0) is 124 Å². The molecule has 6 N–H and O–H groups in total. The number of aromatic hydroxyl groups is 1. The highest BCUT2D eigenvalue weighted by molar-refractivity contribution is 7.13. The lowest BCUT2D eigenvalue weighted by Crippen LogP contribution is -2.62. The number of phenols is 1. The van der Waals surface area contributed by atoms with E-state index < -0.39 is 23.6 Å². The molecule has 1 spiro atoms. The van der Waals surface area contributed by atoms with Crippen molar-refractivity contribution in [3.8, 4) is 27.6 Å². The molecule has 7 heterocycles. The van der Waals surface area contributed by atoms with Gasteiger partial charge in [0, 0.05) is 61.3 Å². The molecule has 18 heteroatoms. The molecule has 5 atom stereocenters. The van der Waals surface area contributed by atoms with Gasteiger partial charge in [0.15, 0.2) is 5.82 Å². The lowest BCUT2D eigenvalue weighted by Gasteiger charge is -2.60. The molecule has 384 valence electrons. The Morgan fingerprint density at radius 2 is 1.59 bits per heavy atom. The van der Waals surface area contributed by atoms with E-state index in [2.05, 4.69) is 74.7 Å². The molecule has 3 aromatic heterocycles. The Morgan fingerprint density at radius 3 is 2.25 bits per heavy atom. The van der Waals surface area contributed by atoms with Crippen molar-refractivity contribution >= 4 is 46.3 Å². The number of anilines is 3. The van der Waals surface area contributed by atoms with Gasteiger partial charge in [-0.2, -0.15) is 0 Å². The Balaban J connectivity index is 0.631.